The molecule has 0 saturated carbocycles. The first kappa shape index (κ1) is 15.1. The van der Waals surface area contributed by atoms with E-state index in [9.17, 15) is 9.59 Å². The van der Waals surface area contributed by atoms with Crippen molar-refractivity contribution in [2.45, 2.75) is 19.9 Å². The second-order valence-corrected chi connectivity index (χ2v) is 5.16. The zero-order chi connectivity index (χ0) is 15.4. The lowest BCUT2D eigenvalue weighted by molar-refractivity contribution is -0.116. The van der Waals surface area contributed by atoms with Gasteiger partial charge in [-0.1, -0.05) is 17.7 Å². The zero-order valence-corrected chi connectivity index (χ0v) is 12.4. The number of hydrogen-bond acceptors (Lipinski definition) is 3. The number of carbonyl (C=O) groups excluding carboxylic acids is 1. The van der Waals surface area contributed by atoms with Crippen LogP contribution in [0.15, 0.2) is 41.3 Å². The number of nitrogen functional groups attached to an aromatic ring is 1. The Morgan fingerprint density at radius 2 is 2.14 bits per heavy atom. The molecule has 0 fully saturated rings. The lowest BCUT2D eigenvalue weighted by atomic mass is 10.2. The standard InChI is InChI=1S/C15H16ClN3O2/c1-10-3-2-7-19(15(10)21)8-6-14(20)18-13-5-4-11(16)9-12(13)17/h2-5,7,9H,6,8,17H2,1H3,(H,18,20). The summed E-state index contributed by atoms with van der Waals surface area (Å²) >= 11 is 5.80. The molecule has 2 aromatic rings. The van der Waals surface area contributed by atoms with Gasteiger partial charge in [0.05, 0.1) is 11.4 Å². The Bertz CT molecular complexity index is 725. The Kier molecular flexibility index (Phi) is 4.65. The summed E-state index contributed by atoms with van der Waals surface area (Å²) in [5, 5.41) is 3.21. The van der Waals surface area contributed by atoms with Gasteiger partial charge in [0.15, 0.2) is 0 Å². The predicted octanol–water partition coefficient (Wildman–Crippen LogP) is 2.42. The van der Waals surface area contributed by atoms with Crippen LogP contribution >= 0.6 is 11.6 Å². The third-order valence-corrected chi connectivity index (χ3v) is 3.31. The normalized spacial score (nSPS) is 10.4. The second kappa shape index (κ2) is 6.45. The van der Waals surface area contributed by atoms with E-state index in [1.165, 1.54) is 4.57 Å². The van der Waals surface area contributed by atoms with Gasteiger partial charge in [0.1, 0.15) is 0 Å². The minimum Gasteiger partial charge on any atom is -0.397 e. The number of hydrogen-bond donors (Lipinski definition) is 2. The molecule has 0 aliphatic heterocycles. The SMILES string of the molecule is Cc1cccn(CCC(=O)Nc2ccc(Cl)cc2N)c1=O. The maximum Gasteiger partial charge on any atom is 0.253 e. The van der Waals surface area contributed by atoms with E-state index in [-0.39, 0.29) is 17.9 Å². The van der Waals surface area contributed by atoms with Crippen molar-refractivity contribution in [3.63, 3.8) is 0 Å². The molecule has 1 aromatic carbocycles. The molecule has 0 aliphatic carbocycles. The Morgan fingerprint density at radius 3 is 2.86 bits per heavy atom. The van der Waals surface area contributed by atoms with Gasteiger partial charge in [0.25, 0.3) is 5.56 Å². The van der Waals surface area contributed by atoms with Gasteiger partial charge in [0.2, 0.25) is 5.91 Å². The fraction of sp³-hybridized carbons (Fsp3) is 0.200. The zero-order valence-electron chi connectivity index (χ0n) is 11.6. The molecule has 1 aromatic heterocycles. The van der Waals surface area contributed by atoms with Crippen molar-refractivity contribution in [3.05, 3.63) is 57.5 Å². The third-order valence-electron chi connectivity index (χ3n) is 3.08. The molecule has 0 saturated heterocycles. The van der Waals surface area contributed by atoms with Crippen LogP contribution in [0.3, 0.4) is 0 Å². The number of nitrogens with one attached hydrogen (secondary N) is 1. The number of pyridine rings is 1. The first-order valence-electron chi connectivity index (χ1n) is 6.48. The fourth-order valence-electron chi connectivity index (χ4n) is 1.91. The molecule has 0 atom stereocenters. The van der Waals surface area contributed by atoms with Crippen LogP contribution in [0.4, 0.5) is 11.4 Å². The Balaban J connectivity index is 1.99. The van der Waals surface area contributed by atoms with Crippen LogP contribution in [0.1, 0.15) is 12.0 Å². The first-order valence-corrected chi connectivity index (χ1v) is 6.86. The third kappa shape index (κ3) is 3.86. The smallest absolute Gasteiger partial charge is 0.253 e. The van der Waals surface area contributed by atoms with Crippen molar-refractivity contribution in [2.24, 2.45) is 0 Å². The lowest BCUT2D eigenvalue weighted by Gasteiger charge is -2.09. The second-order valence-electron chi connectivity index (χ2n) is 4.72. The molecule has 110 valence electrons. The Hall–Kier alpha value is -2.27. The summed E-state index contributed by atoms with van der Waals surface area (Å²) in [4.78, 5) is 23.7. The maximum atomic E-state index is 11.9. The van der Waals surface area contributed by atoms with E-state index in [0.717, 1.165) is 0 Å². The largest absolute Gasteiger partial charge is 0.397 e. The number of halogens is 1. The Labute approximate surface area is 127 Å². The summed E-state index contributed by atoms with van der Waals surface area (Å²) in [6.45, 7) is 2.06. The molecule has 0 radical (unpaired) electrons. The number of aromatic nitrogens is 1. The predicted molar refractivity (Wildman–Crippen MR) is 84.6 cm³/mol. The average Bonchev–Trinajstić information content (AvgIpc) is 2.43. The summed E-state index contributed by atoms with van der Waals surface area (Å²) < 4.78 is 1.51. The van der Waals surface area contributed by atoms with Crippen LogP contribution in [0.5, 0.6) is 0 Å². The summed E-state index contributed by atoms with van der Waals surface area (Å²) in [7, 11) is 0. The highest BCUT2D eigenvalue weighted by atomic mass is 35.5. The molecule has 1 heterocycles. The van der Waals surface area contributed by atoms with Crippen molar-refractivity contribution in [2.75, 3.05) is 11.1 Å². The van der Waals surface area contributed by atoms with Crippen molar-refractivity contribution >= 4 is 28.9 Å². The number of amides is 1. The van der Waals surface area contributed by atoms with Crippen molar-refractivity contribution in [1.29, 1.82) is 0 Å². The average molecular weight is 306 g/mol. The maximum absolute atomic E-state index is 11.9. The van der Waals surface area contributed by atoms with Gasteiger partial charge in [-0.15, -0.1) is 0 Å². The van der Waals surface area contributed by atoms with Crippen LogP contribution in [-0.2, 0) is 11.3 Å². The van der Waals surface area contributed by atoms with Crippen molar-refractivity contribution < 1.29 is 4.79 Å². The summed E-state index contributed by atoms with van der Waals surface area (Å²) in [6.07, 6.45) is 1.85. The molecule has 0 unspecified atom stereocenters. The van der Waals surface area contributed by atoms with Gasteiger partial charge in [-0.3, -0.25) is 9.59 Å². The molecular weight excluding hydrogens is 290 g/mol. The van der Waals surface area contributed by atoms with Gasteiger partial charge < -0.3 is 15.6 Å². The van der Waals surface area contributed by atoms with E-state index >= 15 is 0 Å². The number of aryl methyl sites for hydroxylation is 2. The number of nitrogens with zero attached hydrogens (tertiary/aromatic N) is 1. The quantitative estimate of drug-likeness (QED) is 0.852. The lowest BCUT2D eigenvalue weighted by Crippen LogP contribution is -2.24. The molecule has 1 amide bonds. The van der Waals surface area contributed by atoms with Gasteiger partial charge >= 0.3 is 0 Å². The first-order chi connectivity index (χ1) is 9.97. The van der Waals surface area contributed by atoms with E-state index in [0.29, 0.717) is 28.5 Å². The molecular formula is C15H16ClN3O2. The van der Waals surface area contributed by atoms with E-state index in [1.54, 1.807) is 43.5 Å². The van der Waals surface area contributed by atoms with Crippen LogP contribution in [0.2, 0.25) is 5.02 Å². The van der Waals surface area contributed by atoms with Crippen LogP contribution in [-0.4, -0.2) is 10.5 Å². The highest BCUT2D eigenvalue weighted by molar-refractivity contribution is 6.31. The minimum absolute atomic E-state index is 0.0868. The number of nitrogens with two attached hydrogens (primary N) is 1. The molecule has 5 nitrogen and oxygen atoms in total. The Morgan fingerprint density at radius 1 is 1.38 bits per heavy atom. The molecule has 21 heavy (non-hydrogen) atoms. The number of rotatable bonds is 4. The van der Waals surface area contributed by atoms with Crippen molar-refractivity contribution in [3.8, 4) is 0 Å². The van der Waals surface area contributed by atoms with Crippen molar-refractivity contribution in [1.82, 2.24) is 4.57 Å². The molecule has 6 heteroatoms. The van der Waals surface area contributed by atoms with Gasteiger partial charge in [-0.25, -0.2) is 0 Å². The number of carbonyl (C=O) groups is 1. The fourth-order valence-corrected chi connectivity index (χ4v) is 2.10. The van der Waals surface area contributed by atoms with Gasteiger partial charge in [-0.2, -0.15) is 0 Å². The summed E-state index contributed by atoms with van der Waals surface area (Å²) in [5.41, 5.74) is 7.25. The highest BCUT2D eigenvalue weighted by Crippen LogP contribution is 2.22. The van der Waals surface area contributed by atoms with E-state index in [4.69, 9.17) is 17.3 Å². The number of anilines is 2. The molecule has 0 bridgehead atoms. The molecule has 2 rings (SSSR count). The van der Waals surface area contributed by atoms with Crippen LogP contribution < -0.4 is 16.6 Å². The minimum atomic E-state index is -0.211. The van der Waals surface area contributed by atoms with Crippen LogP contribution in [0.25, 0.3) is 0 Å². The van der Waals surface area contributed by atoms with E-state index in [2.05, 4.69) is 5.32 Å². The van der Waals surface area contributed by atoms with Crippen LogP contribution in [0, 0.1) is 6.92 Å². The molecule has 3 N–H and O–H groups in total. The molecule has 0 aliphatic rings. The topological polar surface area (TPSA) is 77.1 Å². The monoisotopic (exact) mass is 305 g/mol. The molecule has 0 spiro atoms. The highest BCUT2D eigenvalue weighted by Gasteiger charge is 2.07. The number of benzene rings is 1. The summed E-state index contributed by atoms with van der Waals surface area (Å²) in [6, 6.07) is 8.40. The van der Waals surface area contributed by atoms with Gasteiger partial charge in [-0.05, 0) is 31.2 Å². The van der Waals surface area contributed by atoms with E-state index in [1.807, 2.05) is 0 Å². The van der Waals surface area contributed by atoms with E-state index < -0.39 is 0 Å². The summed E-state index contributed by atoms with van der Waals surface area (Å²) in [5.74, 6) is -0.211. The van der Waals surface area contributed by atoms with Gasteiger partial charge in [0, 0.05) is 29.7 Å².